The molecule has 0 radical (unpaired) electrons. The van der Waals surface area contributed by atoms with Crippen LogP contribution in [-0.4, -0.2) is 19.1 Å². The minimum Gasteiger partial charge on any atom is -0.744 e. The van der Waals surface area contributed by atoms with Gasteiger partial charge in [-0.15, -0.1) is 0 Å². The molecule has 0 spiro atoms. The van der Waals surface area contributed by atoms with E-state index in [1.54, 1.807) is 12.1 Å². The van der Waals surface area contributed by atoms with Crippen LogP contribution in [-0.2, 0) is 10.1 Å². The Kier molecular flexibility index (Phi) is 6.11. The van der Waals surface area contributed by atoms with Crippen LogP contribution in [0.4, 0.5) is 0 Å². The molecule has 140 valence electrons. The first-order valence-corrected chi connectivity index (χ1v) is 12.4. The van der Waals surface area contributed by atoms with Gasteiger partial charge in [-0.3, -0.25) is 0 Å². The summed E-state index contributed by atoms with van der Waals surface area (Å²) in [5.74, 6) is 0. The summed E-state index contributed by atoms with van der Waals surface area (Å²) >= 11 is 0. The van der Waals surface area contributed by atoms with E-state index in [1.807, 2.05) is 42.5 Å². The molecule has 3 aromatic rings. The third-order valence-corrected chi connectivity index (χ3v) is 10.1. The van der Waals surface area contributed by atoms with E-state index in [2.05, 4.69) is 31.2 Å². The molecule has 0 unspecified atom stereocenters. The predicted molar refractivity (Wildman–Crippen MR) is 113 cm³/mol. The molecule has 0 aliphatic carbocycles. The third kappa shape index (κ3) is 4.14. The molecule has 0 saturated carbocycles. The summed E-state index contributed by atoms with van der Waals surface area (Å²) in [7, 11) is -6.57. The van der Waals surface area contributed by atoms with Gasteiger partial charge in [-0.05, 0) is 48.9 Å². The summed E-state index contributed by atoms with van der Waals surface area (Å²) in [6.07, 6.45) is 2.99. The van der Waals surface area contributed by atoms with Gasteiger partial charge >= 0.3 is 0 Å². The van der Waals surface area contributed by atoms with Crippen LogP contribution < -0.4 is 15.9 Å². The Morgan fingerprint density at radius 1 is 0.778 bits per heavy atom. The van der Waals surface area contributed by atoms with Crippen LogP contribution in [0.2, 0.25) is 0 Å². The van der Waals surface area contributed by atoms with E-state index < -0.39 is 17.4 Å². The second kappa shape index (κ2) is 8.35. The van der Waals surface area contributed by atoms with E-state index in [0.29, 0.717) is 0 Å². The molecule has 27 heavy (non-hydrogen) atoms. The number of unbranched alkanes of at least 4 members (excludes halogenated alkanes) is 1. The van der Waals surface area contributed by atoms with Crippen LogP contribution >= 0.6 is 7.26 Å². The van der Waals surface area contributed by atoms with Crippen molar-refractivity contribution >= 4 is 33.3 Å². The molecular weight excluding hydrogens is 375 g/mol. The smallest absolute Gasteiger partial charge is 0.124 e. The Morgan fingerprint density at radius 2 is 1.30 bits per heavy atom. The third-order valence-electron chi connectivity index (χ3n) is 4.79. The fourth-order valence-electron chi connectivity index (χ4n) is 3.47. The number of benzene rings is 3. The first-order valence-electron chi connectivity index (χ1n) is 9.04. The van der Waals surface area contributed by atoms with Crippen LogP contribution in [0.25, 0.3) is 0 Å². The normalized spacial score (nSPS) is 12.1. The molecule has 3 aromatic carbocycles. The predicted octanol–water partition coefficient (Wildman–Crippen LogP) is 3.68. The summed E-state index contributed by atoms with van der Waals surface area (Å²) in [5, 5.41) is 3.33. The van der Waals surface area contributed by atoms with Crippen molar-refractivity contribution in [2.75, 3.05) is 6.16 Å². The van der Waals surface area contributed by atoms with Gasteiger partial charge in [0.15, 0.2) is 0 Å². The van der Waals surface area contributed by atoms with Crippen molar-refractivity contribution in [2.45, 2.75) is 24.7 Å². The second-order valence-corrected chi connectivity index (χ2v) is 11.5. The molecule has 0 amide bonds. The zero-order valence-electron chi connectivity index (χ0n) is 15.3. The van der Waals surface area contributed by atoms with Crippen LogP contribution in [0.3, 0.4) is 0 Å². The van der Waals surface area contributed by atoms with Gasteiger partial charge in [-0.25, -0.2) is 8.42 Å². The van der Waals surface area contributed by atoms with E-state index in [0.717, 1.165) is 24.3 Å². The highest BCUT2D eigenvalue weighted by Gasteiger charge is 2.44. The molecule has 0 atom stereocenters. The highest BCUT2D eigenvalue weighted by molar-refractivity contribution is 7.95. The summed E-state index contributed by atoms with van der Waals surface area (Å²) in [6, 6.07) is 27.2. The molecule has 3 rings (SSSR count). The van der Waals surface area contributed by atoms with Crippen LogP contribution in [0.5, 0.6) is 0 Å². The lowest BCUT2D eigenvalue weighted by atomic mass is 10.3. The minimum atomic E-state index is -4.50. The highest BCUT2D eigenvalue weighted by atomic mass is 32.2. The SMILES string of the molecule is CCCC[P+](c1ccccc1)(c1ccccc1)c1cccc(S(=O)(=O)[O-])c1. The first kappa shape index (κ1) is 19.8. The van der Waals surface area contributed by atoms with Crippen LogP contribution in [0, 0.1) is 0 Å². The van der Waals surface area contributed by atoms with Gasteiger partial charge in [0.2, 0.25) is 0 Å². The maximum atomic E-state index is 11.7. The monoisotopic (exact) mass is 398 g/mol. The average molecular weight is 398 g/mol. The molecule has 0 bridgehead atoms. The Morgan fingerprint density at radius 3 is 1.78 bits per heavy atom. The molecule has 0 N–H and O–H groups in total. The van der Waals surface area contributed by atoms with Gasteiger partial charge < -0.3 is 4.55 Å². The Balaban J connectivity index is 2.33. The van der Waals surface area contributed by atoms with Crippen LogP contribution in [0.1, 0.15) is 19.8 Å². The number of rotatable bonds is 7. The minimum absolute atomic E-state index is 0.160. The van der Waals surface area contributed by atoms with Crippen molar-refractivity contribution in [2.24, 2.45) is 0 Å². The number of hydrogen-bond donors (Lipinski definition) is 0. The van der Waals surface area contributed by atoms with Crippen molar-refractivity contribution in [1.29, 1.82) is 0 Å². The molecule has 0 aromatic heterocycles. The van der Waals surface area contributed by atoms with Crippen molar-refractivity contribution < 1.29 is 13.0 Å². The Labute approximate surface area is 162 Å². The maximum Gasteiger partial charge on any atom is 0.124 e. The van der Waals surface area contributed by atoms with Crippen molar-refractivity contribution in [3.05, 3.63) is 84.9 Å². The first-order chi connectivity index (χ1) is 13.0. The van der Waals surface area contributed by atoms with Gasteiger partial charge in [-0.2, -0.15) is 0 Å². The molecule has 0 saturated heterocycles. The van der Waals surface area contributed by atoms with Crippen molar-refractivity contribution in [1.82, 2.24) is 0 Å². The molecule has 3 nitrogen and oxygen atoms in total. The topological polar surface area (TPSA) is 57.2 Å². The number of hydrogen-bond acceptors (Lipinski definition) is 3. The van der Waals surface area contributed by atoms with E-state index >= 15 is 0 Å². The van der Waals surface area contributed by atoms with Crippen LogP contribution in [0.15, 0.2) is 89.8 Å². The zero-order chi connectivity index (χ0) is 19.3. The largest absolute Gasteiger partial charge is 0.744 e. The maximum absolute atomic E-state index is 11.7. The Hall–Kier alpha value is -2.00. The van der Waals surface area contributed by atoms with E-state index in [-0.39, 0.29) is 4.90 Å². The summed E-state index contributed by atoms with van der Waals surface area (Å²) in [5.41, 5.74) is 0. The summed E-state index contributed by atoms with van der Waals surface area (Å²) < 4.78 is 35.0. The van der Waals surface area contributed by atoms with Gasteiger partial charge in [0.05, 0.1) is 11.1 Å². The quantitative estimate of drug-likeness (QED) is 0.451. The van der Waals surface area contributed by atoms with Crippen molar-refractivity contribution in [3.8, 4) is 0 Å². The lowest BCUT2D eigenvalue weighted by Gasteiger charge is -2.28. The molecule has 0 aliphatic rings. The van der Waals surface area contributed by atoms with E-state index in [4.69, 9.17) is 0 Å². The molecular formula is C22H23O3PS. The lowest BCUT2D eigenvalue weighted by Crippen LogP contribution is -2.33. The molecule has 0 fully saturated rings. The summed E-state index contributed by atoms with van der Waals surface area (Å²) in [6.45, 7) is 2.16. The van der Waals surface area contributed by atoms with Gasteiger partial charge in [-0.1, -0.05) is 55.8 Å². The fourth-order valence-corrected chi connectivity index (χ4v) is 8.60. The van der Waals surface area contributed by atoms with Gasteiger partial charge in [0.25, 0.3) is 0 Å². The standard InChI is InChI=1S/C22H23O3PS/c1-2-3-17-26(19-11-6-4-7-12-19,20-13-8-5-9-14-20)21-15-10-16-22(18-21)27(23,24)25/h4-16,18H,2-3,17H2,1H3. The zero-order valence-corrected chi connectivity index (χ0v) is 17.0. The average Bonchev–Trinajstić information content (AvgIpc) is 2.70. The summed E-state index contributed by atoms with van der Waals surface area (Å²) in [4.78, 5) is -0.160. The molecule has 0 aliphatic heterocycles. The Bertz CT molecular complexity index is 947. The molecule has 5 heteroatoms. The second-order valence-electron chi connectivity index (χ2n) is 6.51. The fraction of sp³-hybridized carbons (Fsp3) is 0.182. The van der Waals surface area contributed by atoms with Gasteiger partial charge in [0.1, 0.15) is 33.3 Å². The van der Waals surface area contributed by atoms with Crippen molar-refractivity contribution in [3.63, 3.8) is 0 Å². The van der Waals surface area contributed by atoms with Gasteiger partial charge in [0, 0.05) is 0 Å². The lowest BCUT2D eigenvalue weighted by molar-refractivity contribution is 0.463. The van der Waals surface area contributed by atoms with E-state index in [1.165, 1.54) is 16.7 Å². The van der Waals surface area contributed by atoms with E-state index in [9.17, 15) is 13.0 Å². The highest BCUT2D eigenvalue weighted by Crippen LogP contribution is 2.56. The molecule has 0 heterocycles.